The summed E-state index contributed by atoms with van der Waals surface area (Å²) in [5.74, 6) is 0.902. The summed E-state index contributed by atoms with van der Waals surface area (Å²) in [6.07, 6.45) is 1.43. The van der Waals surface area contributed by atoms with Crippen LogP contribution in [0.1, 0.15) is 19.8 Å². The summed E-state index contributed by atoms with van der Waals surface area (Å²) in [6.45, 7) is 3.00. The van der Waals surface area contributed by atoms with E-state index in [0.717, 1.165) is 17.9 Å². The Labute approximate surface area is 102 Å². The summed E-state index contributed by atoms with van der Waals surface area (Å²) in [7, 11) is 1.79. The molecule has 0 aliphatic heterocycles. The van der Waals surface area contributed by atoms with Crippen LogP contribution >= 0.6 is 0 Å². The van der Waals surface area contributed by atoms with Gasteiger partial charge in [0.2, 0.25) is 5.91 Å². The number of carbonyl (C=O) groups is 1. The van der Waals surface area contributed by atoms with Gasteiger partial charge in [-0.2, -0.15) is 0 Å². The first-order valence-electron chi connectivity index (χ1n) is 5.88. The molecular weight excluding hydrogens is 216 g/mol. The first-order valence-corrected chi connectivity index (χ1v) is 5.88. The van der Waals surface area contributed by atoms with E-state index in [-0.39, 0.29) is 5.91 Å². The van der Waals surface area contributed by atoms with Gasteiger partial charge in [-0.1, -0.05) is 6.92 Å². The lowest BCUT2D eigenvalue weighted by Crippen LogP contribution is -2.25. The standard InChI is InChI=1S/C13H20N2O2/c1-3-4-13(16)15(2)11-5-7-12(8-6-11)17-10-9-14/h5-8H,3-4,9-10,14H2,1-2H3. The van der Waals surface area contributed by atoms with Crippen molar-refractivity contribution in [2.75, 3.05) is 25.1 Å². The first-order chi connectivity index (χ1) is 8.19. The van der Waals surface area contributed by atoms with E-state index in [1.54, 1.807) is 11.9 Å². The number of anilines is 1. The fraction of sp³-hybridized carbons (Fsp3) is 0.462. The summed E-state index contributed by atoms with van der Waals surface area (Å²) >= 11 is 0. The van der Waals surface area contributed by atoms with E-state index in [2.05, 4.69) is 0 Å². The molecule has 1 amide bonds. The number of hydrogen-bond acceptors (Lipinski definition) is 3. The Bertz CT molecular complexity index is 349. The van der Waals surface area contributed by atoms with Crippen LogP contribution in [0.4, 0.5) is 5.69 Å². The SMILES string of the molecule is CCCC(=O)N(C)c1ccc(OCCN)cc1. The fourth-order valence-corrected chi connectivity index (χ4v) is 1.47. The minimum Gasteiger partial charge on any atom is -0.492 e. The van der Waals surface area contributed by atoms with E-state index in [1.807, 2.05) is 31.2 Å². The third-order valence-corrected chi connectivity index (χ3v) is 2.45. The molecule has 0 saturated carbocycles. The molecule has 94 valence electrons. The van der Waals surface area contributed by atoms with Gasteiger partial charge in [-0.3, -0.25) is 4.79 Å². The zero-order valence-corrected chi connectivity index (χ0v) is 10.5. The number of hydrogen-bond donors (Lipinski definition) is 1. The van der Waals surface area contributed by atoms with Crippen LogP contribution in [-0.4, -0.2) is 26.1 Å². The highest BCUT2D eigenvalue weighted by molar-refractivity contribution is 5.92. The monoisotopic (exact) mass is 236 g/mol. The van der Waals surface area contributed by atoms with Crippen molar-refractivity contribution in [3.05, 3.63) is 24.3 Å². The molecular formula is C13H20N2O2. The molecule has 0 fully saturated rings. The highest BCUT2D eigenvalue weighted by atomic mass is 16.5. The van der Waals surface area contributed by atoms with E-state index in [1.165, 1.54) is 0 Å². The van der Waals surface area contributed by atoms with Crippen LogP contribution in [0.2, 0.25) is 0 Å². The van der Waals surface area contributed by atoms with Crippen LogP contribution in [0, 0.1) is 0 Å². The molecule has 4 nitrogen and oxygen atoms in total. The molecule has 0 spiro atoms. The van der Waals surface area contributed by atoms with Crippen molar-refractivity contribution in [3.63, 3.8) is 0 Å². The highest BCUT2D eigenvalue weighted by Gasteiger charge is 2.09. The second-order valence-electron chi connectivity index (χ2n) is 3.83. The topological polar surface area (TPSA) is 55.6 Å². The summed E-state index contributed by atoms with van der Waals surface area (Å²) in [5, 5.41) is 0. The quantitative estimate of drug-likeness (QED) is 0.819. The molecule has 1 rings (SSSR count). The molecule has 0 radical (unpaired) electrons. The molecule has 0 saturated heterocycles. The molecule has 0 bridgehead atoms. The number of rotatable bonds is 6. The van der Waals surface area contributed by atoms with Crippen molar-refractivity contribution >= 4 is 11.6 Å². The molecule has 1 aromatic rings. The van der Waals surface area contributed by atoms with Crippen LogP contribution in [0.15, 0.2) is 24.3 Å². The minimum atomic E-state index is 0.128. The number of benzene rings is 1. The van der Waals surface area contributed by atoms with Crippen molar-refractivity contribution in [2.24, 2.45) is 5.73 Å². The molecule has 4 heteroatoms. The van der Waals surface area contributed by atoms with Gasteiger partial charge in [0.25, 0.3) is 0 Å². The second-order valence-corrected chi connectivity index (χ2v) is 3.83. The van der Waals surface area contributed by atoms with Gasteiger partial charge < -0.3 is 15.4 Å². The van der Waals surface area contributed by atoms with Crippen LogP contribution < -0.4 is 15.4 Å². The van der Waals surface area contributed by atoms with Gasteiger partial charge in [-0.05, 0) is 30.7 Å². The molecule has 0 aromatic heterocycles. The van der Waals surface area contributed by atoms with Crippen molar-refractivity contribution in [1.29, 1.82) is 0 Å². The molecule has 0 atom stereocenters. The average Bonchev–Trinajstić information content (AvgIpc) is 2.36. The van der Waals surface area contributed by atoms with Gasteiger partial charge >= 0.3 is 0 Å². The zero-order chi connectivity index (χ0) is 12.7. The lowest BCUT2D eigenvalue weighted by Gasteiger charge is -2.17. The predicted octanol–water partition coefficient (Wildman–Crippen LogP) is 1.79. The Morgan fingerprint density at radius 1 is 1.35 bits per heavy atom. The van der Waals surface area contributed by atoms with Gasteiger partial charge in [0.1, 0.15) is 12.4 Å². The van der Waals surface area contributed by atoms with Crippen LogP contribution in [0.5, 0.6) is 5.75 Å². The minimum absolute atomic E-state index is 0.128. The second kappa shape index (κ2) is 6.91. The number of nitrogens with zero attached hydrogens (tertiary/aromatic N) is 1. The molecule has 0 aliphatic rings. The van der Waals surface area contributed by atoms with Crippen molar-refractivity contribution < 1.29 is 9.53 Å². The molecule has 1 aromatic carbocycles. The summed E-state index contributed by atoms with van der Waals surface area (Å²) < 4.78 is 5.37. The number of amides is 1. The lowest BCUT2D eigenvalue weighted by molar-refractivity contribution is -0.118. The van der Waals surface area contributed by atoms with Crippen LogP contribution in [0.25, 0.3) is 0 Å². The lowest BCUT2D eigenvalue weighted by atomic mass is 10.2. The Kier molecular flexibility index (Phi) is 5.49. The van der Waals surface area contributed by atoms with Crippen molar-refractivity contribution in [2.45, 2.75) is 19.8 Å². The van der Waals surface area contributed by atoms with E-state index in [9.17, 15) is 4.79 Å². The smallest absolute Gasteiger partial charge is 0.226 e. The normalized spacial score (nSPS) is 10.1. The zero-order valence-electron chi connectivity index (χ0n) is 10.5. The summed E-state index contributed by atoms with van der Waals surface area (Å²) in [5.41, 5.74) is 6.23. The first kappa shape index (κ1) is 13.5. The molecule has 17 heavy (non-hydrogen) atoms. The third-order valence-electron chi connectivity index (χ3n) is 2.45. The summed E-state index contributed by atoms with van der Waals surface area (Å²) in [4.78, 5) is 13.3. The fourth-order valence-electron chi connectivity index (χ4n) is 1.47. The van der Waals surface area contributed by atoms with Crippen molar-refractivity contribution in [3.8, 4) is 5.75 Å². The number of ether oxygens (including phenoxy) is 1. The van der Waals surface area contributed by atoms with E-state index in [0.29, 0.717) is 19.6 Å². The number of nitrogens with two attached hydrogens (primary N) is 1. The van der Waals surface area contributed by atoms with Gasteiger partial charge in [0.05, 0.1) is 0 Å². The van der Waals surface area contributed by atoms with E-state index in [4.69, 9.17) is 10.5 Å². The highest BCUT2D eigenvalue weighted by Crippen LogP contribution is 2.19. The maximum absolute atomic E-state index is 11.7. The van der Waals surface area contributed by atoms with E-state index < -0.39 is 0 Å². The third kappa shape index (κ3) is 4.07. The van der Waals surface area contributed by atoms with Gasteiger partial charge in [0, 0.05) is 25.7 Å². The Morgan fingerprint density at radius 2 is 2.00 bits per heavy atom. The molecule has 0 unspecified atom stereocenters. The van der Waals surface area contributed by atoms with Crippen LogP contribution in [-0.2, 0) is 4.79 Å². The maximum atomic E-state index is 11.7. The van der Waals surface area contributed by atoms with Gasteiger partial charge in [0.15, 0.2) is 0 Å². The maximum Gasteiger partial charge on any atom is 0.226 e. The molecule has 0 aliphatic carbocycles. The molecule has 2 N–H and O–H groups in total. The largest absolute Gasteiger partial charge is 0.492 e. The predicted molar refractivity (Wildman–Crippen MR) is 69.3 cm³/mol. The molecule has 0 heterocycles. The van der Waals surface area contributed by atoms with Crippen LogP contribution in [0.3, 0.4) is 0 Å². The van der Waals surface area contributed by atoms with E-state index >= 15 is 0 Å². The Morgan fingerprint density at radius 3 is 2.53 bits per heavy atom. The number of carbonyl (C=O) groups excluding carboxylic acids is 1. The average molecular weight is 236 g/mol. The Balaban J connectivity index is 2.63. The van der Waals surface area contributed by atoms with Crippen molar-refractivity contribution in [1.82, 2.24) is 0 Å². The van der Waals surface area contributed by atoms with Gasteiger partial charge in [-0.15, -0.1) is 0 Å². The Hall–Kier alpha value is -1.55. The summed E-state index contributed by atoms with van der Waals surface area (Å²) in [6, 6.07) is 7.44. The van der Waals surface area contributed by atoms with Gasteiger partial charge in [-0.25, -0.2) is 0 Å².